The van der Waals surface area contributed by atoms with Crippen LogP contribution in [0.1, 0.15) is 29.5 Å². The van der Waals surface area contributed by atoms with Crippen LogP contribution >= 0.6 is 12.2 Å². The first-order valence-electron chi connectivity index (χ1n) is 10.1. The fourth-order valence-electron chi connectivity index (χ4n) is 3.89. The molecule has 5 heteroatoms. The third kappa shape index (κ3) is 4.69. The molecule has 0 radical (unpaired) electrons. The Bertz CT molecular complexity index is 1050. The number of hydrogen-bond acceptors (Lipinski definition) is 3. The molecule has 0 heterocycles. The summed E-state index contributed by atoms with van der Waals surface area (Å²) in [4.78, 5) is 12.8. The maximum Gasteiger partial charge on any atom is 0.230 e. The molecular weight excluding hydrogens is 392 g/mol. The van der Waals surface area contributed by atoms with E-state index in [0.29, 0.717) is 11.7 Å². The summed E-state index contributed by atoms with van der Waals surface area (Å²) in [6, 6.07) is 25.8. The zero-order valence-electron chi connectivity index (χ0n) is 16.8. The fourth-order valence-corrected chi connectivity index (χ4v) is 4.10. The minimum absolute atomic E-state index is 0.0484. The van der Waals surface area contributed by atoms with Crippen LogP contribution in [-0.4, -0.2) is 11.0 Å². The Balaban J connectivity index is 1.32. The summed E-state index contributed by atoms with van der Waals surface area (Å²) in [6.45, 7) is 2.59. The van der Waals surface area contributed by atoms with Gasteiger partial charge in [-0.05, 0) is 53.4 Å². The Hall–Kier alpha value is -3.18. The van der Waals surface area contributed by atoms with Gasteiger partial charge >= 0.3 is 0 Å². The fraction of sp³-hybridized carbons (Fsp3) is 0.200. The Kier molecular flexibility index (Phi) is 6.10. The maximum absolute atomic E-state index is 12.8. The number of carbonyl (C=O) groups is 1. The van der Waals surface area contributed by atoms with Crippen LogP contribution in [0.3, 0.4) is 0 Å². The number of thiocarbonyl (C=S) groups is 1. The van der Waals surface area contributed by atoms with Crippen molar-refractivity contribution >= 4 is 28.9 Å². The molecule has 1 aliphatic carbocycles. The summed E-state index contributed by atoms with van der Waals surface area (Å²) in [6.07, 6.45) is 0.745. The number of amides is 1. The Morgan fingerprint density at radius 1 is 1.03 bits per heavy atom. The van der Waals surface area contributed by atoms with Gasteiger partial charge in [-0.25, -0.2) is 0 Å². The normalized spacial score (nSPS) is 17.1. The maximum atomic E-state index is 12.8. The van der Waals surface area contributed by atoms with E-state index in [4.69, 9.17) is 17.0 Å². The molecule has 0 saturated heterocycles. The summed E-state index contributed by atoms with van der Waals surface area (Å²) in [7, 11) is 0. The molecule has 2 atom stereocenters. The van der Waals surface area contributed by atoms with Crippen LogP contribution in [0.5, 0.6) is 5.75 Å². The smallest absolute Gasteiger partial charge is 0.230 e. The third-order valence-electron chi connectivity index (χ3n) is 5.50. The van der Waals surface area contributed by atoms with Crippen LogP contribution in [0.15, 0.2) is 78.9 Å². The van der Waals surface area contributed by atoms with Gasteiger partial charge in [-0.3, -0.25) is 4.79 Å². The summed E-state index contributed by atoms with van der Waals surface area (Å²) in [5.74, 6) is 0.756. The van der Waals surface area contributed by atoms with Crippen molar-refractivity contribution in [3.63, 3.8) is 0 Å². The first kappa shape index (κ1) is 20.1. The molecule has 30 heavy (non-hydrogen) atoms. The van der Waals surface area contributed by atoms with E-state index in [1.165, 1.54) is 11.1 Å². The number of carbonyl (C=O) groups excluding carboxylic acids is 1. The average molecular weight is 417 g/mol. The molecule has 2 unspecified atom stereocenters. The molecule has 0 aliphatic heterocycles. The predicted octanol–water partition coefficient (Wildman–Crippen LogP) is 5.05. The van der Waals surface area contributed by atoms with Crippen LogP contribution in [0.25, 0.3) is 0 Å². The van der Waals surface area contributed by atoms with Crippen LogP contribution in [0.4, 0.5) is 5.69 Å². The second kappa shape index (κ2) is 9.09. The standard InChI is InChI=1S/C25H24N2O2S/c1-17-22-13-6-5-10-19(22)14-23(17)24(28)27-25(30)26-20-11-7-12-21(15-20)29-16-18-8-3-2-4-9-18/h2-13,15,17,23H,14,16H2,1H3,(H2,26,27,28,30). The van der Waals surface area contributed by atoms with Gasteiger partial charge in [0.2, 0.25) is 5.91 Å². The SMILES string of the molecule is CC1c2ccccc2CC1C(=O)NC(=S)Nc1cccc(OCc2ccccc2)c1. The number of fused-ring (bicyclic) bond motifs is 1. The number of hydrogen-bond donors (Lipinski definition) is 2. The van der Waals surface area contributed by atoms with Gasteiger partial charge in [-0.15, -0.1) is 0 Å². The molecule has 2 N–H and O–H groups in total. The lowest BCUT2D eigenvalue weighted by atomic mass is 9.94. The van der Waals surface area contributed by atoms with E-state index in [2.05, 4.69) is 29.7 Å². The molecule has 1 aliphatic rings. The largest absolute Gasteiger partial charge is 0.489 e. The van der Waals surface area contributed by atoms with Crippen molar-refractivity contribution in [1.82, 2.24) is 5.32 Å². The molecule has 152 valence electrons. The lowest BCUT2D eigenvalue weighted by Crippen LogP contribution is -2.39. The highest BCUT2D eigenvalue weighted by molar-refractivity contribution is 7.80. The van der Waals surface area contributed by atoms with Crippen LogP contribution < -0.4 is 15.4 Å². The second-order valence-electron chi connectivity index (χ2n) is 7.54. The summed E-state index contributed by atoms with van der Waals surface area (Å²) >= 11 is 5.37. The summed E-state index contributed by atoms with van der Waals surface area (Å²) < 4.78 is 5.86. The Labute approximate surface area is 182 Å². The second-order valence-corrected chi connectivity index (χ2v) is 7.95. The molecule has 3 aromatic carbocycles. The van der Waals surface area contributed by atoms with Crippen molar-refractivity contribution in [1.29, 1.82) is 0 Å². The number of ether oxygens (including phenoxy) is 1. The zero-order valence-corrected chi connectivity index (χ0v) is 17.6. The quantitative estimate of drug-likeness (QED) is 0.571. The molecule has 1 amide bonds. The molecule has 4 rings (SSSR count). The molecule has 0 fully saturated rings. The van der Waals surface area contributed by atoms with Crippen molar-refractivity contribution in [3.8, 4) is 5.75 Å². The van der Waals surface area contributed by atoms with Gasteiger partial charge in [0.1, 0.15) is 12.4 Å². The highest BCUT2D eigenvalue weighted by Gasteiger charge is 2.34. The topological polar surface area (TPSA) is 50.4 Å². The molecule has 0 aromatic heterocycles. The van der Waals surface area contributed by atoms with E-state index in [0.717, 1.165) is 23.4 Å². The molecule has 3 aromatic rings. The van der Waals surface area contributed by atoms with E-state index in [1.54, 1.807) is 0 Å². The summed E-state index contributed by atoms with van der Waals surface area (Å²) in [5, 5.41) is 6.24. The third-order valence-corrected chi connectivity index (χ3v) is 5.71. The first-order valence-corrected chi connectivity index (χ1v) is 10.5. The molecule has 0 bridgehead atoms. The van der Waals surface area contributed by atoms with Gasteiger partial charge in [0.25, 0.3) is 0 Å². The van der Waals surface area contributed by atoms with E-state index < -0.39 is 0 Å². The predicted molar refractivity (Wildman–Crippen MR) is 124 cm³/mol. The van der Waals surface area contributed by atoms with E-state index >= 15 is 0 Å². The zero-order chi connectivity index (χ0) is 20.9. The lowest BCUT2D eigenvalue weighted by Gasteiger charge is -2.17. The highest BCUT2D eigenvalue weighted by atomic mass is 32.1. The van der Waals surface area contributed by atoms with Crippen LogP contribution in [0, 0.1) is 5.92 Å². The van der Waals surface area contributed by atoms with E-state index in [1.807, 2.05) is 66.7 Å². The van der Waals surface area contributed by atoms with Gasteiger partial charge < -0.3 is 15.4 Å². The highest BCUT2D eigenvalue weighted by Crippen LogP contribution is 2.37. The van der Waals surface area contributed by atoms with Gasteiger partial charge in [0, 0.05) is 17.7 Å². The Morgan fingerprint density at radius 2 is 1.80 bits per heavy atom. The number of benzene rings is 3. The number of rotatable bonds is 5. The first-order chi connectivity index (χ1) is 14.6. The molecule has 4 nitrogen and oxygen atoms in total. The van der Waals surface area contributed by atoms with Crippen molar-refractivity contribution in [3.05, 3.63) is 95.6 Å². The molecule has 0 spiro atoms. The van der Waals surface area contributed by atoms with Gasteiger partial charge in [-0.1, -0.05) is 67.6 Å². The number of anilines is 1. The lowest BCUT2D eigenvalue weighted by molar-refractivity contribution is -0.123. The monoisotopic (exact) mass is 416 g/mol. The van der Waals surface area contributed by atoms with Gasteiger partial charge in [0.15, 0.2) is 5.11 Å². The average Bonchev–Trinajstić information content (AvgIpc) is 3.10. The minimum atomic E-state index is -0.109. The van der Waals surface area contributed by atoms with Crippen molar-refractivity contribution in [2.24, 2.45) is 5.92 Å². The van der Waals surface area contributed by atoms with E-state index in [-0.39, 0.29) is 17.7 Å². The van der Waals surface area contributed by atoms with Crippen LogP contribution in [-0.2, 0) is 17.8 Å². The molecular formula is C25H24N2O2S. The molecule has 0 saturated carbocycles. The van der Waals surface area contributed by atoms with Crippen molar-refractivity contribution < 1.29 is 9.53 Å². The van der Waals surface area contributed by atoms with E-state index in [9.17, 15) is 4.79 Å². The minimum Gasteiger partial charge on any atom is -0.489 e. The Morgan fingerprint density at radius 3 is 2.60 bits per heavy atom. The van der Waals surface area contributed by atoms with Gasteiger partial charge in [-0.2, -0.15) is 0 Å². The number of nitrogens with one attached hydrogen (secondary N) is 2. The van der Waals surface area contributed by atoms with Gasteiger partial charge in [0.05, 0.1) is 0 Å². The summed E-state index contributed by atoms with van der Waals surface area (Å²) in [5.41, 5.74) is 4.37. The van der Waals surface area contributed by atoms with Crippen molar-refractivity contribution in [2.45, 2.75) is 25.9 Å². The van der Waals surface area contributed by atoms with Crippen molar-refractivity contribution in [2.75, 3.05) is 5.32 Å². The van der Waals surface area contributed by atoms with Crippen LogP contribution in [0.2, 0.25) is 0 Å².